The van der Waals surface area contributed by atoms with Crippen LogP contribution in [0.3, 0.4) is 0 Å². The van der Waals surface area contributed by atoms with Crippen LogP contribution in [0.1, 0.15) is 25.3 Å². The van der Waals surface area contributed by atoms with Crippen LogP contribution in [0.4, 0.5) is 0 Å². The van der Waals surface area contributed by atoms with Crippen LogP contribution < -0.4 is 10.6 Å². The summed E-state index contributed by atoms with van der Waals surface area (Å²) in [6.45, 7) is 6.33. The molecule has 0 amide bonds. The van der Waals surface area contributed by atoms with E-state index >= 15 is 0 Å². The fourth-order valence-corrected chi connectivity index (χ4v) is 2.75. The number of likely N-dealkylation sites (tertiary alicyclic amines) is 1. The summed E-state index contributed by atoms with van der Waals surface area (Å²) in [6.07, 6.45) is 2.59. The molecule has 2 N–H and O–H groups in total. The van der Waals surface area contributed by atoms with Crippen molar-refractivity contribution in [2.45, 2.75) is 32.4 Å². The number of hydrogen-bond acceptors (Lipinski definition) is 2. The molecule has 1 aliphatic rings. The quantitative estimate of drug-likeness (QED) is 0.806. The van der Waals surface area contributed by atoms with E-state index in [9.17, 15) is 0 Å². The van der Waals surface area contributed by atoms with E-state index in [0.29, 0.717) is 6.04 Å². The van der Waals surface area contributed by atoms with Crippen molar-refractivity contribution in [3.8, 4) is 0 Å². The zero-order chi connectivity index (χ0) is 13.5. The van der Waals surface area contributed by atoms with Gasteiger partial charge < -0.3 is 10.6 Å². The third-order valence-electron chi connectivity index (χ3n) is 3.70. The first kappa shape index (κ1) is 14.3. The van der Waals surface area contributed by atoms with Crippen molar-refractivity contribution < 1.29 is 0 Å². The van der Waals surface area contributed by atoms with Crippen molar-refractivity contribution in [3.05, 3.63) is 35.9 Å². The molecule has 0 spiro atoms. The summed E-state index contributed by atoms with van der Waals surface area (Å²) < 4.78 is 0. The number of likely N-dealkylation sites (N-methyl/N-ethyl adjacent to an activating group) is 1. The van der Waals surface area contributed by atoms with Crippen molar-refractivity contribution in [1.82, 2.24) is 15.5 Å². The van der Waals surface area contributed by atoms with E-state index in [0.717, 1.165) is 24.7 Å². The van der Waals surface area contributed by atoms with Crippen LogP contribution in [-0.4, -0.2) is 35.7 Å². The first-order valence-electron chi connectivity index (χ1n) is 7.09. The summed E-state index contributed by atoms with van der Waals surface area (Å²) in [7, 11) is 0. The molecule has 1 unspecified atom stereocenters. The van der Waals surface area contributed by atoms with Crippen LogP contribution in [0.5, 0.6) is 0 Å². The maximum Gasteiger partial charge on any atom is 0.166 e. The molecule has 104 valence electrons. The zero-order valence-electron chi connectivity index (χ0n) is 11.6. The van der Waals surface area contributed by atoms with Gasteiger partial charge in [-0.1, -0.05) is 37.3 Å². The molecule has 0 aliphatic carbocycles. The Bertz CT molecular complexity index is 394. The lowest BCUT2D eigenvalue weighted by atomic mass is 10.2. The lowest BCUT2D eigenvalue weighted by molar-refractivity contribution is 0.267. The molecule has 1 saturated heterocycles. The van der Waals surface area contributed by atoms with Gasteiger partial charge in [0.05, 0.1) is 0 Å². The molecular formula is C15H23N3S. The summed E-state index contributed by atoms with van der Waals surface area (Å²) >= 11 is 5.32. The molecule has 2 rings (SSSR count). The molecular weight excluding hydrogens is 254 g/mol. The van der Waals surface area contributed by atoms with Gasteiger partial charge in [0, 0.05) is 19.1 Å². The number of rotatable bonds is 5. The Balaban J connectivity index is 1.67. The predicted molar refractivity (Wildman–Crippen MR) is 84.2 cm³/mol. The van der Waals surface area contributed by atoms with Crippen molar-refractivity contribution >= 4 is 17.3 Å². The molecule has 0 saturated carbocycles. The number of benzene rings is 1. The Kier molecular flexibility index (Phi) is 5.61. The first-order valence-corrected chi connectivity index (χ1v) is 7.50. The lowest BCUT2D eigenvalue weighted by Gasteiger charge is -2.23. The summed E-state index contributed by atoms with van der Waals surface area (Å²) in [5, 5.41) is 7.35. The Morgan fingerprint density at radius 2 is 2.11 bits per heavy atom. The van der Waals surface area contributed by atoms with Gasteiger partial charge in [0.2, 0.25) is 0 Å². The predicted octanol–water partition coefficient (Wildman–Crippen LogP) is 2.13. The van der Waals surface area contributed by atoms with Crippen molar-refractivity contribution in [1.29, 1.82) is 0 Å². The van der Waals surface area contributed by atoms with Gasteiger partial charge in [-0.05, 0) is 43.7 Å². The van der Waals surface area contributed by atoms with E-state index in [4.69, 9.17) is 12.2 Å². The largest absolute Gasteiger partial charge is 0.361 e. The van der Waals surface area contributed by atoms with Crippen LogP contribution >= 0.6 is 12.2 Å². The van der Waals surface area contributed by atoms with E-state index in [1.54, 1.807) is 0 Å². The first-order chi connectivity index (χ1) is 9.29. The highest BCUT2D eigenvalue weighted by Crippen LogP contribution is 2.15. The minimum absolute atomic E-state index is 0.640. The van der Waals surface area contributed by atoms with E-state index < -0.39 is 0 Å². The van der Waals surface area contributed by atoms with Gasteiger partial charge in [0.25, 0.3) is 0 Å². The summed E-state index contributed by atoms with van der Waals surface area (Å²) in [6, 6.07) is 11.0. The third kappa shape index (κ3) is 4.48. The third-order valence-corrected chi connectivity index (χ3v) is 3.99. The topological polar surface area (TPSA) is 27.3 Å². The van der Waals surface area contributed by atoms with Gasteiger partial charge in [0.1, 0.15) is 0 Å². The van der Waals surface area contributed by atoms with Gasteiger partial charge in [0.15, 0.2) is 5.11 Å². The number of thiocarbonyl (C=S) groups is 1. The number of hydrogen-bond donors (Lipinski definition) is 2. The SMILES string of the molecule is CCN1CCCC1CNC(=S)NCc1ccccc1. The fraction of sp³-hybridized carbons (Fsp3) is 0.533. The lowest BCUT2D eigenvalue weighted by Crippen LogP contribution is -2.43. The van der Waals surface area contributed by atoms with Crippen molar-refractivity contribution in [3.63, 3.8) is 0 Å². The summed E-state index contributed by atoms with van der Waals surface area (Å²) in [5.74, 6) is 0. The molecule has 0 bridgehead atoms. The normalized spacial score (nSPS) is 19.3. The minimum Gasteiger partial charge on any atom is -0.361 e. The average Bonchev–Trinajstić information content (AvgIpc) is 2.91. The van der Waals surface area contributed by atoms with Crippen molar-refractivity contribution in [2.24, 2.45) is 0 Å². The molecule has 4 heteroatoms. The molecule has 1 aliphatic heterocycles. The summed E-state index contributed by atoms with van der Waals surface area (Å²) in [5.41, 5.74) is 1.25. The summed E-state index contributed by atoms with van der Waals surface area (Å²) in [4.78, 5) is 2.52. The highest BCUT2D eigenvalue weighted by Gasteiger charge is 2.22. The van der Waals surface area contributed by atoms with Crippen LogP contribution in [0.2, 0.25) is 0 Å². The van der Waals surface area contributed by atoms with E-state index in [-0.39, 0.29) is 0 Å². The molecule has 1 aromatic carbocycles. The van der Waals surface area contributed by atoms with Crippen LogP contribution in [0.15, 0.2) is 30.3 Å². The Labute approximate surface area is 121 Å². The maximum atomic E-state index is 5.32. The van der Waals surface area contributed by atoms with Gasteiger partial charge in [-0.2, -0.15) is 0 Å². The Morgan fingerprint density at radius 3 is 2.84 bits per heavy atom. The fourth-order valence-electron chi connectivity index (χ4n) is 2.59. The second kappa shape index (κ2) is 7.46. The Hall–Kier alpha value is -1.13. The standard InChI is InChI=1S/C15H23N3S/c1-2-18-10-6-9-14(18)12-17-15(19)16-11-13-7-4-3-5-8-13/h3-5,7-8,14H,2,6,9-12H2,1H3,(H2,16,17,19). The molecule has 3 nitrogen and oxygen atoms in total. The molecule has 1 fully saturated rings. The smallest absolute Gasteiger partial charge is 0.166 e. The monoisotopic (exact) mass is 277 g/mol. The second-order valence-electron chi connectivity index (χ2n) is 4.97. The average molecular weight is 277 g/mol. The Morgan fingerprint density at radius 1 is 1.32 bits per heavy atom. The van der Waals surface area contributed by atoms with Crippen LogP contribution in [0, 0.1) is 0 Å². The van der Waals surface area contributed by atoms with E-state index in [1.165, 1.54) is 24.9 Å². The molecule has 1 atom stereocenters. The highest BCUT2D eigenvalue weighted by atomic mass is 32.1. The minimum atomic E-state index is 0.640. The van der Waals surface area contributed by atoms with E-state index in [1.807, 2.05) is 18.2 Å². The van der Waals surface area contributed by atoms with Crippen LogP contribution in [0.25, 0.3) is 0 Å². The molecule has 0 radical (unpaired) electrons. The van der Waals surface area contributed by atoms with Gasteiger partial charge in [-0.3, -0.25) is 4.90 Å². The van der Waals surface area contributed by atoms with Gasteiger partial charge in [-0.25, -0.2) is 0 Å². The van der Waals surface area contributed by atoms with Crippen LogP contribution in [-0.2, 0) is 6.54 Å². The van der Waals surface area contributed by atoms with Crippen molar-refractivity contribution in [2.75, 3.05) is 19.6 Å². The molecule has 0 aromatic heterocycles. The van der Waals surface area contributed by atoms with Gasteiger partial charge in [-0.15, -0.1) is 0 Å². The number of nitrogens with one attached hydrogen (secondary N) is 2. The highest BCUT2D eigenvalue weighted by molar-refractivity contribution is 7.80. The van der Waals surface area contributed by atoms with E-state index in [2.05, 4.69) is 34.6 Å². The maximum absolute atomic E-state index is 5.32. The molecule has 19 heavy (non-hydrogen) atoms. The molecule has 1 aromatic rings. The van der Waals surface area contributed by atoms with Gasteiger partial charge >= 0.3 is 0 Å². The second-order valence-corrected chi connectivity index (χ2v) is 5.38. The number of nitrogens with zero attached hydrogens (tertiary/aromatic N) is 1. The zero-order valence-corrected chi connectivity index (χ0v) is 12.4. The molecule has 1 heterocycles.